The highest BCUT2D eigenvalue weighted by Gasteiger charge is 2.27. The second kappa shape index (κ2) is 6.42. The van der Waals surface area contributed by atoms with Gasteiger partial charge in [0.15, 0.2) is 0 Å². The van der Waals surface area contributed by atoms with Crippen molar-refractivity contribution >= 4 is 0 Å². The number of nitrogens with one attached hydrogen (secondary N) is 1. The maximum absolute atomic E-state index is 5.66. The van der Waals surface area contributed by atoms with Gasteiger partial charge in [-0.2, -0.15) is 0 Å². The van der Waals surface area contributed by atoms with Crippen LogP contribution in [0.1, 0.15) is 50.8 Å². The molecule has 1 unspecified atom stereocenters. The average Bonchev–Trinajstić information content (AvgIpc) is 2.31. The Morgan fingerprint density at radius 3 is 2.42 bits per heavy atom. The van der Waals surface area contributed by atoms with Gasteiger partial charge in [-0.15, -0.1) is 0 Å². The van der Waals surface area contributed by atoms with E-state index in [1.54, 1.807) is 7.11 Å². The second-order valence-electron chi connectivity index (χ2n) is 6.14. The zero-order valence-electron chi connectivity index (χ0n) is 13.6. The normalized spacial score (nSPS) is 13.4. The van der Waals surface area contributed by atoms with Crippen LogP contribution in [0.15, 0.2) is 12.1 Å². The molecule has 0 fully saturated rings. The van der Waals surface area contributed by atoms with E-state index in [-0.39, 0.29) is 5.41 Å². The number of rotatable bonds is 6. The van der Waals surface area contributed by atoms with Gasteiger partial charge in [-0.1, -0.05) is 32.9 Å². The minimum absolute atomic E-state index is 0.103. The van der Waals surface area contributed by atoms with Crippen molar-refractivity contribution in [3.05, 3.63) is 28.8 Å². The lowest BCUT2D eigenvalue weighted by atomic mass is 9.77. The Labute approximate surface area is 118 Å². The average molecular weight is 263 g/mol. The topological polar surface area (TPSA) is 21.3 Å². The molecule has 0 saturated carbocycles. The van der Waals surface area contributed by atoms with E-state index < -0.39 is 0 Å². The number of hydrogen-bond donors (Lipinski definition) is 1. The van der Waals surface area contributed by atoms with Crippen LogP contribution in [0.5, 0.6) is 5.75 Å². The fraction of sp³-hybridized carbons (Fsp3) is 0.647. The molecule has 0 aliphatic rings. The van der Waals surface area contributed by atoms with Crippen LogP contribution >= 0.6 is 0 Å². The molecule has 0 radical (unpaired) electrons. The van der Waals surface area contributed by atoms with Crippen LogP contribution in [0.25, 0.3) is 0 Å². The third-order valence-corrected chi connectivity index (χ3v) is 3.98. The first-order chi connectivity index (χ1) is 8.83. The molecule has 1 atom stereocenters. The fourth-order valence-corrected chi connectivity index (χ4v) is 2.88. The Morgan fingerprint density at radius 2 is 1.89 bits per heavy atom. The highest BCUT2D eigenvalue weighted by Crippen LogP contribution is 2.38. The summed E-state index contributed by atoms with van der Waals surface area (Å²) in [5, 5.41) is 3.49. The summed E-state index contributed by atoms with van der Waals surface area (Å²) in [7, 11) is 1.77. The molecule has 0 aliphatic carbocycles. The molecule has 1 aromatic rings. The molecule has 0 heterocycles. The molecule has 0 aromatic heterocycles. The Morgan fingerprint density at radius 1 is 1.26 bits per heavy atom. The van der Waals surface area contributed by atoms with Crippen molar-refractivity contribution in [3.8, 4) is 5.75 Å². The van der Waals surface area contributed by atoms with Gasteiger partial charge < -0.3 is 10.1 Å². The van der Waals surface area contributed by atoms with Crippen LogP contribution in [0.3, 0.4) is 0 Å². The number of ether oxygens (including phenoxy) is 1. The molecule has 0 bridgehead atoms. The van der Waals surface area contributed by atoms with Crippen molar-refractivity contribution in [2.75, 3.05) is 13.7 Å². The lowest BCUT2D eigenvalue weighted by molar-refractivity contribution is 0.359. The summed E-state index contributed by atoms with van der Waals surface area (Å²) in [4.78, 5) is 0. The Kier molecular flexibility index (Phi) is 5.42. The zero-order valence-corrected chi connectivity index (χ0v) is 13.6. The fourth-order valence-electron chi connectivity index (χ4n) is 2.88. The molecular formula is C17H29NO. The molecule has 2 nitrogen and oxygen atoms in total. The molecule has 0 amide bonds. The van der Waals surface area contributed by atoms with Crippen LogP contribution < -0.4 is 10.1 Å². The van der Waals surface area contributed by atoms with E-state index in [4.69, 9.17) is 4.74 Å². The first-order valence-corrected chi connectivity index (χ1v) is 7.21. The molecule has 1 rings (SSSR count). The van der Waals surface area contributed by atoms with Crippen molar-refractivity contribution in [1.29, 1.82) is 0 Å². The quantitative estimate of drug-likeness (QED) is 0.838. The number of aryl methyl sites for hydroxylation is 1. The minimum atomic E-state index is 0.103. The van der Waals surface area contributed by atoms with Crippen LogP contribution in [0, 0.1) is 13.8 Å². The molecule has 108 valence electrons. The van der Waals surface area contributed by atoms with Gasteiger partial charge in [-0.05, 0) is 50.3 Å². The molecule has 2 heteroatoms. The van der Waals surface area contributed by atoms with Gasteiger partial charge in [0.05, 0.1) is 7.11 Å². The number of methoxy groups -OCH3 is 1. The van der Waals surface area contributed by atoms with Crippen molar-refractivity contribution < 1.29 is 4.74 Å². The lowest BCUT2D eigenvalue weighted by Gasteiger charge is -2.31. The predicted octanol–water partition coefficient (Wildman–Crippen LogP) is 3.98. The largest absolute Gasteiger partial charge is 0.496 e. The highest BCUT2D eigenvalue weighted by molar-refractivity contribution is 5.48. The molecule has 1 N–H and O–H groups in total. The second-order valence-corrected chi connectivity index (χ2v) is 6.14. The smallest absolute Gasteiger partial charge is 0.125 e. The Hall–Kier alpha value is -1.02. The summed E-state index contributed by atoms with van der Waals surface area (Å²) in [6.07, 6.45) is 1.10. The van der Waals surface area contributed by atoms with E-state index in [2.05, 4.69) is 59.0 Å². The van der Waals surface area contributed by atoms with E-state index in [0.717, 1.165) is 18.7 Å². The Bertz CT molecular complexity index is 424. The molecule has 0 saturated heterocycles. The van der Waals surface area contributed by atoms with Crippen LogP contribution in [0.2, 0.25) is 0 Å². The SMILES string of the molecule is CCNC(C)CC(C)(C)c1ccc(C)c(C)c1OC. The van der Waals surface area contributed by atoms with E-state index in [1.165, 1.54) is 16.7 Å². The molecular weight excluding hydrogens is 234 g/mol. The van der Waals surface area contributed by atoms with E-state index in [0.29, 0.717) is 6.04 Å². The van der Waals surface area contributed by atoms with Crippen LogP contribution in [-0.2, 0) is 5.41 Å². The number of benzene rings is 1. The zero-order chi connectivity index (χ0) is 14.6. The maximum atomic E-state index is 5.66. The van der Waals surface area contributed by atoms with Crippen molar-refractivity contribution in [2.24, 2.45) is 0 Å². The standard InChI is InChI=1S/C17H29NO/c1-8-18-13(3)11-17(5,6)15-10-9-12(2)14(4)16(15)19-7/h9-10,13,18H,8,11H2,1-7H3. The monoisotopic (exact) mass is 263 g/mol. The summed E-state index contributed by atoms with van der Waals surface area (Å²) in [6.45, 7) is 14.3. The van der Waals surface area contributed by atoms with Gasteiger partial charge in [-0.25, -0.2) is 0 Å². The first-order valence-electron chi connectivity index (χ1n) is 7.21. The van der Waals surface area contributed by atoms with Crippen molar-refractivity contribution in [1.82, 2.24) is 5.32 Å². The van der Waals surface area contributed by atoms with Gasteiger partial charge in [0.25, 0.3) is 0 Å². The van der Waals surface area contributed by atoms with Gasteiger partial charge >= 0.3 is 0 Å². The molecule has 1 aromatic carbocycles. The summed E-state index contributed by atoms with van der Waals surface area (Å²) < 4.78 is 5.66. The highest BCUT2D eigenvalue weighted by atomic mass is 16.5. The maximum Gasteiger partial charge on any atom is 0.125 e. The van der Waals surface area contributed by atoms with Gasteiger partial charge in [-0.3, -0.25) is 0 Å². The van der Waals surface area contributed by atoms with Crippen molar-refractivity contribution in [3.63, 3.8) is 0 Å². The molecule has 0 spiro atoms. The van der Waals surface area contributed by atoms with Crippen LogP contribution in [-0.4, -0.2) is 19.7 Å². The minimum Gasteiger partial charge on any atom is -0.496 e. The van der Waals surface area contributed by atoms with Gasteiger partial charge in [0.1, 0.15) is 5.75 Å². The summed E-state index contributed by atoms with van der Waals surface area (Å²) in [5.74, 6) is 1.05. The van der Waals surface area contributed by atoms with Gasteiger partial charge in [0.2, 0.25) is 0 Å². The lowest BCUT2D eigenvalue weighted by Crippen LogP contribution is -2.33. The first kappa shape index (κ1) is 16.0. The van der Waals surface area contributed by atoms with Crippen LogP contribution in [0.4, 0.5) is 0 Å². The summed E-state index contributed by atoms with van der Waals surface area (Å²) >= 11 is 0. The third kappa shape index (κ3) is 3.73. The molecule has 0 aliphatic heterocycles. The summed E-state index contributed by atoms with van der Waals surface area (Å²) in [6, 6.07) is 4.93. The third-order valence-electron chi connectivity index (χ3n) is 3.98. The van der Waals surface area contributed by atoms with Gasteiger partial charge in [0, 0.05) is 11.6 Å². The Balaban J connectivity index is 3.10. The predicted molar refractivity (Wildman–Crippen MR) is 83.2 cm³/mol. The summed E-state index contributed by atoms with van der Waals surface area (Å²) in [5.41, 5.74) is 3.95. The molecule has 19 heavy (non-hydrogen) atoms. The number of hydrogen-bond acceptors (Lipinski definition) is 2. The van der Waals surface area contributed by atoms with E-state index in [1.807, 2.05) is 0 Å². The van der Waals surface area contributed by atoms with Crippen molar-refractivity contribution in [2.45, 2.75) is 59.4 Å². The van der Waals surface area contributed by atoms with E-state index >= 15 is 0 Å². The van der Waals surface area contributed by atoms with E-state index in [9.17, 15) is 0 Å².